The van der Waals surface area contributed by atoms with Gasteiger partial charge < -0.3 is 4.74 Å². The third-order valence-corrected chi connectivity index (χ3v) is 3.07. The number of ether oxygens (including phenoxy) is 1. The van der Waals surface area contributed by atoms with E-state index in [0.717, 1.165) is 41.7 Å². The van der Waals surface area contributed by atoms with Crippen molar-refractivity contribution in [2.75, 3.05) is 6.61 Å². The predicted molar refractivity (Wildman–Crippen MR) is 66.4 cm³/mol. The maximum Gasteiger partial charge on any atom is 0.334 e. The molecule has 17 heavy (non-hydrogen) atoms. The van der Waals surface area contributed by atoms with Crippen LogP contribution >= 0.6 is 0 Å². The second-order valence-corrected chi connectivity index (χ2v) is 4.17. The van der Waals surface area contributed by atoms with Gasteiger partial charge in [0.15, 0.2) is 0 Å². The van der Waals surface area contributed by atoms with Crippen LogP contribution in [-0.2, 0) is 9.53 Å². The summed E-state index contributed by atoms with van der Waals surface area (Å²) in [5, 5.41) is 0. The molecule has 0 aliphatic heterocycles. The van der Waals surface area contributed by atoms with Crippen molar-refractivity contribution in [3.05, 3.63) is 35.2 Å². The highest BCUT2D eigenvalue weighted by molar-refractivity contribution is 5.99. The fourth-order valence-electron chi connectivity index (χ4n) is 2.29. The molecule has 0 spiro atoms. The number of hydrogen-bond donors (Lipinski definition) is 0. The van der Waals surface area contributed by atoms with E-state index in [4.69, 9.17) is 4.74 Å². The number of aromatic nitrogens is 1. The van der Waals surface area contributed by atoms with Gasteiger partial charge in [-0.1, -0.05) is 6.07 Å². The lowest BCUT2D eigenvalue weighted by Gasteiger charge is -2.09. The van der Waals surface area contributed by atoms with Crippen molar-refractivity contribution >= 4 is 11.5 Å². The molecule has 0 fully saturated rings. The summed E-state index contributed by atoms with van der Waals surface area (Å²) in [5.41, 5.74) is 4.02. The topological polar surface area (TPSA) is 39.2 Å². The van der Waals surface area contributed by atoms with Crippen LogP contribution in [0.3, 0.4) is 0 Å². The van der Waals surface area contributed by atoms with Crippen LogP contribution in [0.1, 0.15) is 37.4 Å². The summed E-state index contributed by atoms with van der Waals surface area (Å²) in [6, 6.07) is 3.94. The number of carbonyl (C=O) groups excluding carboxylic acids is 1. The SMILES string of the molecule is CCOC(=O)C1=C(c2cccnc2C)CCC1. The van der Waals surface area contributed by atoms with Gasteiger partial charge in [0, 0.05) is 17.5 Å². The van der Waals surface area contributed by atoms with E-state index in [1.807, 2.05) is 26.0 Å². The third kappa shape index (κ3) is 2.38. The van der Waals surface area contributed by atoms with Crippen molar-refractivity contribution in [3.63, 3.8) is 0 Å². The van der Waals surface area contributed by atoms with Crippen LogP contribution in [0.5, 0.6) is 0 Å². The second kappa shape index (κ2) is 5.13. The van der Waals surface area contributed by atoms with Gasteiger partial charge in [-0.25, -0.2) is 4.79 Å². The summed E-state index contributed by atoms with van der Waals surface area (Å²) in [5.74, 6) is -0.164. The average Bonchev–Trinajstić information content (AvgIpc) is 2.79. The van der Waals surface area contributed by atoms with Gasteiger partial charge in [0.25, 0.3) is 0 Å². The van der Waals surface area contributed by atoms with E-state index in [9.17, 15) is 4.79 Å². The largest absolute Gasteiger partial charge is 0.463 e. The summed E-state index contributed by atoms with van der Waals surface area (Å²) in [7, 11) is 0. The van der Waals surface area contributed by atoms with E-state index < -0.39 is 0 Å². The van der Waals surface area contributed by atoms with Gasteiger partial charge in [-0.05, 0) is 50.3 Å². The quantitative estimate of drug-likeness (QED) is 0.751. The van der Waals surface area contributed by atoms with Gasteiger partial charge >= 0.3 is 5.97 Å². The number of allylic oxidation sites excluding steroid dienone is 1. The molecule has 1 aromatic rings. The first-order valence-corrected chi connectivity index (χ1v) is 6.05. The van der Waals surface area contributed by atoms with Gasteiger partial charge in [0.2, 0.25) is 0 Å². The molecule has 0 aromatic carbocycles. The third-order valence-electron chi connectivity index (χ3n) is 3.07. The summed E-state index contributed by atoms with van der Waals surface area (Å²) < 4.78 is 5.10. The molecular weight excluding hydrogens is 214 g/mol. The maximum absolute atomic E-state index is 11.8. The first-order valence-electron chi connectivity index (χ1n) is 6.05. The molecular formula is C14H17NO2. The summed E-state index contributed by atoms with van der Waals surface area (Å²) in [6.07, 6.45) is 4.57. The van der Waals surface area contributed by atoms with E-state index in [1.54, 1.807) is 6.20 Å². The minimum absolute atomic E-state index is 0.164. The number of rotatable bonds is 3. The van der Waals surface area contributed by atoms with Gasteiger partial charge in [-0.2, -0.15) is 0 Å². The Morgan fingerprint density at radius 1 is 1.47 bits per heavy atom. The Morgan fingerprint density at radius 2 is 2.29 bits per heavy atom. The van der Waals surface area contributed by atoms with Crippen LogP contribution in [0.2, 0.25) is 0 Å². The molecule has 3 nitrogen and oxygen atoms in total. The molecule has 0 radical (unpaired) electrons. The summed E-state index contributed by atoms with van der Waals surface area (Å²) in [4.78, 5) is 16.1. The molecule has 1 aromatic heterocycles. The smallest absolute Gasteiger partial charge is 0.334 e. The van der Waals surface area contributed by atoms with Gasteiger partial charge in [-0.3, -0.25) is 4.98 Å². The van der Waals surface area contributed by atoms with Crippen molar-refractivity contribution in [1.29, 1.82) is 0 Å². The number of carbonyl (C=O) groups is 1. The van der Waals surface area contributed by atoms with Crippen LogP contribution in [0.4, 0.5) is 0 Å². The van der Waals surface area contributed by atoms with Crippen LogP contribution in [0.15, 0.2) is 23.9 Å². The molecule has 1 aliphatic carbocycles. The molecule has 0 saturated heterocycles. The highest BCUT2D eigenvalue weighted by atomic mass is 16.5. The normalized spacial score (nSPS) is 15.2. The Labute approximate surface area is 102 Å². The molecule has 2 rings (SSSR count). The number of esters is 1. The van der Waals surface area contributed by atoms with E-state index in [1.165, 1.54) is 0 Å². The Hall–Kier alpha value is -1.64. The lowest BCUT2D eigenvalue weighted by molar-refractivity contribution is -0.138. The van der Waals surface area contributed by atoms with Crippen molar-refractivity contribution in [2.45, 2.75) is 33.1 Å². The molecule has 1 heterocycles. The molecule has 0 bridgehead atoms. The molecule has 0 saturated carbocycles. The molecule has 0 N–H and O–H groups in total. The zero-order valence-corrected chi connectivity index (χ0v) is 10.3. The van der Waals surface area contributed by atoms with E-state index in [-0.39, 0.29) is 5.97 Å². The van der Waals surface area contributed by atoms with Crippen molar-refractivity contribution in [3.8, 4) is 0 Å². The number of nitrogens with zero attached hydrogens (tertiary/aromatic N) is 1. The lowest BCUT2D eigenvalue weighted by Crippen LogP contribution is -2.07. The lowest BCUT2D eigenvalue weighted by atomic mass is 10.0. The average molecular weight is 231 g/mol. The van der Waals surface area contributed by atoms with E-state index in [0.29, 0.717) is 6.61 Å². The molecule has 0 unspecified atom stereocenters. The molecule has 90 valence electrons. The minimum Gasteiger partial charge on any atom is -0.463 e. The Morgan fingerprint density at radius 3 is 3.00 bits per heavy atom. The fourth-order valence-corrected chi connectivity index (χ4v) is 2.29. The molecule has 3 heteroatoms. The summed E-state index contributed by atoms with van der Waals surface area (Å²) >= 11 is 0. The van der Waals surface area contributed by atoms with Crippen LogP contribution in [0, 0.1) is 6.92 Å². The second-order valence-electron chi connectivity index (χ2n) is 4.17. The molecule has 1 aliphatic rings. The van der Waals surface area contributed by atoms with Crippen molar-refractivity contribution in [2.24, 2.45) is 0 Å². The van der Waals surface area contributed by atoms with Crippen LogP contribution in [0.25, 0.3) is 5.57 Å². The minimum atomic E-state index is -0.164. The number of aryl methyl sites for hydroxylation is 1. The first-order chi connectivity index (χ1) is 8.24. The fraction of sp³-hybridized carbons (Fsp3) is 0.429. The highest BCUT2D eigenvalue weighted by Gasteiger charge is 2.23. The Kier molecular flexibility index (Phi) is 3.57. The highest BCUT2D eigenvalue weighted by Crippen LogP contribution is 2.35. The van der Waals surface area contributed by atoms with Crippen molar-refractivity contribution in [1.82, 2.24) is 4.98 Å². The summed E-state index contributed by atoms with van der Waals surface area (Å²) in [6.45, 7) is 4.24. The molecule has 0 amide bonds. The van der Waals surface area contributed by atoms with Crippen LogP contribution < -0.4 is 0 Å². The zero-order chi connectivity index (χ0) is 12.3. The van der Waals surface area contributed by atoms with E-state index in [2.05, 4.69) is 4.98 Å². The van der Waals surface area contributed by atoms with E-state index >= 15 is 0 Å². The predicted octanol–water partition coefficient (Wildman–Crippen LogP) is 2.89. The van der Waals surface area contributed by atoms with Crippen molar-refractivity contribution < 1.29 is 9.53 Å². The van der Waals surface area contributed by atoms with Gasteiger partial charge in [0.05, 0.1) is 6.61 Å². The number of hydrogen-bond acceptors (Lipinski definition) is 3. The molecule has 0 atom stereocenters. The van der Waals surface area contributed by atoms with Gasteiger partial charge in [0.1, 0.15) is 0 Å². The first kappa shape index (κ1) is 11.8. The monoisotopic (exact) mass is 231 g/mol. The maximum atomic E-state index is 11.8. The standard InChI is InChI=1S/C14H17NO2/c1-3-17-14(16)13-7-4-6-12(13)11-8-5-9-15-10(11)2/h5,8-9H,3-4,6-7H2,1-2H3. The zero-order valence-electron chi connectivity index (χ0n) is 10.3. The van der Waals surface area contributed by atoms with Crippen LogP contribution in [-0.4, -0.2) is 17.6 Å². The Balaban J connectivity index is 2.39. The number of pyridine rings is 1. The van der Waals surface area contributed by atoms with Gasteiger partial charge in [-0.15, -0.1) is 0 Å². The Bertz CT molecular complexity index is 463.